The van der Waals surface area contributed by atoms with Crippen LogP contribution in [0.3, 0.4) is 0 Å². The quantitative estimate of drug-likeness (QED) is 0.638. The number of aromatic nitrogens is 1. The molecular weight excluding hydrogens is 465 g/mol. The number of piperazine rings is 1. The molecule has 0 atom stereocenters. The first-order valence-electron chi connectivity index (χ1n) is 10.7. The summed E-state index contributed by atoms with van der Waals surface area (Å²) in [5, 5.41) is 2.59. The zero-order valence-corrected chi connectivity index (χ0v) is 19.0. The fraction of sp³-hybridized carbons (Fsp3) is 0.619. The summed E-state index contributed by atoms with van der Waals surface area (Å²) in [5.41, 5.74) is -2.02. The van der Waals surface area contributed by atoms with E-state index in [-0.39, 0.29) is 35.7 Å². The Kier molecular flexibility index (Phi) is 7.71. The Morgan fingerprint density at radius 2 is 1.79 bits per heavy atom. The molecule has 8 nitrogen and oxygen atoms in total. The average Bonchev–Trinajstić information content (AvgIpc) is 2.77. The van der Waals surface area contributed by atoms with Gasteiger partial charge in [-0.3, -0.25) is 9.59 Å². The monoisotopic (exact) mass is 490 g/mol. The number of amides is 2. The van der Waals surface area contributed by atoms with Crippen LogP contribution >= 0.6 is 11.6 Å². The van der Waals surface area contributed by atoms with E-state index in [4.69, 9.17) is 16.3 Å². The fourth-order valence-electron chi connectivity index (χ4n) is 4.22. The highest BCUT2D eigenvalue weighted by molar-refractivity contribution is 6.33. The molecule has 3 rings (SSSR count). The first-order chi connectivity index (χ1) is 15.5. The number of alkyl halides is 3. The molecule has 0 unspecified atom stereocenters. The minimum Gasteiger partial charge on any atom is -0.454 e. The third kappa shape index (κ3) is 6.07. The van der Waals surface area contributed by atoms with Gasteiger partial charge in [0.25, 0.3) is 5.91 Å². The predicted octanol–water partition coefficient (Wildman–Crippen LogP) is 2.78. The summed E-state index contributed by atoms with van der Waals surface area (Å²) in [6.45, 7) is 2.06. The first-order valence-corrected chi connectivity index (χ1v) is 11.1. The number of anilines is 1. The number of hydrogen-bond donors (Lipinski definition) is 1. The summed E-state index contributed by atoms with van der Waals surface area (Å²) in [6.07, 6.45) is -0.326. The number of pyridine rings is 1. The van der Waals surface area contributed by atoms with E-state index in [0.29, 0.717) is 25.9 Å². The number of carbonyl (C=O) groups excluding carboxylic acids is 3. The summed E-state index contributed by atoms with van der Waals surface area (Å²) in [7, 11) is 0. The van der Waals surface area contributed by atoms with Crippen LogP contribution in [0.15, 0.2) is 12.3 Å². The van der Waals surface area contributed by atoms with Gasteiger partial charge in [0.1, 0.15) is 11.4 Å². The Hall–Kier alpha value is -2.56. The van der Waals surface area contributed by atoms with E-state index in [0.717, 1.165) is 31.5 Å². The average molecular weight is 491 g/mol. The summed E-state index contributed by atoms with van der Waals surface area (Å²) in [6, 6.07) is 0.830. The van der Waals surface area contributed by atoms with Gasteiger partial charge in [0.2, 0.25) is 5.91 Å². The molecule has 1 N–H and O–H groups in total. The topological polar surface area (TPSA) is 91.8 Å². The van der Waals surface area contributed by atoms with Gasteiger partial charge in [0.05, 0.1) is 10.6 Å². The van der Waals surface area contributed by atoms with Gasteiger partial charge in [-0.05, 0) is 18.9 Å². The molecule has 2 heterocycles. The van der Waals surface area contributed by atoms with E-state index in [1.165, 1.54) is 11.8 Å². The van der Waals surface area contributed by atoms with Gasteiger partial charge in [-0.2, -0.15) is 13.2 Å². The molecular formula is C21H26ClF3N4O4. The molecule has 2 aliphatic rings. The highest BCUT2D eigenvalue weighted by Crippen LogP contribution is 2.34. The Bertz CT molecular complexity index is 898. The molecule has 12 heteroatoms. The summed E-state index contributed by atoms with van der Waals surface area (Å²) in [5.74, 6) is -1.10. The van der Waals surface area contributed by atoms with Crippen molar-refractivity contribution in [2.75, 3.05) is 37.7 Å². The van der Waals surface area contributed by atoms with Crippen LogP contribution in [0.25, 0.3) is 0 Å². The van der Waals surface area contributed by atoms with E-state index in [2.05, 4.69) is 10.3 Å². The van der Waals surface area contributed by atoms with Crippen molar-refractivity contribution in [3.05, 3.63) is 22.8 Å². The SMILES string of the molecule is CC(=O)NC1(C(=O)OCC(=O)N2CCN(c3ncc(C(F)(F)F)cc3Cl)CC2)CCCCC1. The van der Waals surface area contributed by atoms with E-state index >= 15 is 0 Å². The maximum Gasteiger partial charge on any atom is 0.417 e. The van der Waals surface area contributed by atoms with E-state index in [1.807, 2.05) is 0 Å². The molecule has 1 saturated heterocycles. The molecule has 1 aliphatic heterocycles. The molecule has 33 heavy (non-hydrogen) atoms. The van der Waals surface area contributed by atoms with Gasteiger partial charge in [0, 0.05) is 39.3 Å². The number of ether oxygens (including phenoxy) is 1. The van der Waals surface area contributed by atoms with Gasteiger partial charge in [0.15, 0.2) is 6.61 Å². The summed E-state index contributed by atoms with van der Waals surface area (Å²) < 4.78 is 43.7. The lowest BCUT2D eigenvalue weighted by Gasteiger charge is -2.37. The van der Waals surface area contributed by atoms with Crippen molar-refractivity contribution in [3.63, 3.8) is 0 Å². The second-order valence-corrected chi connectivity index (χ2v) is 8.70. The Morgan fingerprint density at radius 1 is 1.15 bits per heavy atom. The van der Waals surface area contributed by atoms with Crippen LogP contribution in [-0.2, 0) is 25.3 Å². The third-order valence-electron chi connectivity index (χ3n) is 5.92. The molecule has 0 aromatic carbocycles. The number of carbonyl (C=O) groups is 3. The number of hydrogen-bond acceptors (Lipinski definition) is 6. The first kappa shape index (κ1) is 25.1. The smallest absolute Gasteiger partial charge is 0.417 e. The molecule has 182 valence electrons. The highest BCUT2D eigenvalue weighted by atomic mass is 35.5. The summed E-state index contributed by atoms with van der Waals surface area (Å²) in [4.78, 5) is 43.9. The maximum atomic E-state index is 12.8. The number of rotatable bonds is 5. The van der Waals surface area contributed by atoms with Crippen molar-refractivity contribution in [2.24, 2.45) is 0 Å². The fourth-order valence-corrected chi connectivity index (χ4v) is 4.50. The highest BCUT2D eigenvalue weighted by Gasteiger charge is 2.42. The molecule has 2 fully saturated rings. The van der Waals surface area contributed by atoms with Gasteiger partial charge in [-0.15, -0.1) is 0 Å². The molecule has 0 bridgehead atoms. The number of halogens is 4. The van der Waals surface area contributed by atoms with Crippen molar-refractivity contribution in [1.82, 2.24) is 15.2 Å². The van der Waals surface area contributed by atoms with E-state index < -0.39 is 29.9 Å². The van der Waals surface area contributed by atoms with Crippen molar-refractivity contribution in [1.29, 1.82) is 0 Å². The molecule has 0 radical (unpaired) electrons. The lowest BCUT2D eigenvalue weighted by molar-refractivity contribution is -0.160. The number of nitrogens with zero attached hydrogens (tertiary/aromatic N) is 3. The molecule has 1 aromatic rings. The standard InChI is InChI=1S/C21H26ClF3N4O4/c1-14(30)27-20(5-3-2-4-6-20)19(32)33-13-17(31)28-7-9-29(10-8-28)18-16(22)11-15(12-26-18)21(23,24)25/h11-12H,2-10,13H2,1H3,(H,27,30). The van der Waals surface area contributed by atoms with Crippen LogP contribution < -0.4 is 10.2 Å². The van der Waals surface area contributed by atoms with Gasteiger partial charge >= 0.3 is 12.1 Å². The number of nitrogens with one attached hydrogen (secondary N) is 1. The van der Waals surface area contributed by atoms with Gasteiger partial charge in [-0.25, -0.2) is 9.78 Å². The van der Waals surface area contributed by atoms with Crippen molar-refractivity contribution in [2.45, 2.75) is 50.7 Å². The van der Waals surface area contributed by atoms with Crippen LogP contribution in [0.4, 0.5) is 19.0 Å². The molecule has 1 aromatic heterocycles. The van der Waals surface area contributed by atoms with Crippen molar-refractivity contribution >= 4 is 35.2 Å². The van der Waals surface area contributed by atoms with Crippen LogP contribution in [0.2, 0.25) is 5.02 Å². The van der Waals surface area contributed by atoms with Crippen LogP contribution in [0.5, 0.6) is 0 Å². The predicted molar refractivity (Wildman–Crippen MR) is 114 cm³/mol. The third-order valence-corrected chi connectivity index (χ3v) is 6.20. The largest absolute Gasteiger partial charge is 0.454 e. The molecule has 1 saturated carbocycles. The Labute approximate surface area is 194 Å². The summed E-state index contributed by atoms with van der Waals surface area (Å²) >= 11 is 6.00. The Morgan fingerprint density at radius 3 is 2.33 bits per heavy atom. The number of esters is 1. The minimum atomic E-state index is -4.53. The normalized spacial score (nSPS) is 18.6. The van der Waals surface area contributed by atoms with E-state index in [1.54, 1.807) is 4.90 Å². The van der Waals surface area contributed by atoms with Crippen molar-refractivity contribution < 1.29 is 32.3 Å². The minimum absolute atomic E-state index is 0.116. The molecule has 2 amide bonds. The lowest BCUT2D eigenvalue weighted by Crippen LogP contribution is -2.56. The Balaban J connectivity index is 1.53. The van der Waals surface area contributed by atoms with Gasteiger partial charge in [-0.1, -0.05) is 30.9 Å². The maximum absolute atomic E-state index is 12.8. The van der Waals surface area contributed by atoms with Crippen LogP contribution in [-0.4, -0.2) is 66.0 Å². The molecule has 1 aliphatic carbocycles. The zero-order valence-electron chi connectivity index (χ0n) is 18.2. The second-order valence-electron chi connectivity index (χ2n) is 8.30. The van der Waals surface area contributed by atoms with Gasteiger partial charge < -0.3 is 19.9 Å². The lowest BCUT2D eigenvalue weighted by atomic mass is 9.81. The van der Waals surface area contributed by atoms with Crippen LogP contribution in [0.1, 0.15) is 44.6 Å². The molecule has 0 spiro atoms. The van der Waals surface area contributed by atoms with E-state index in [9.17, 15) is 27.6 Å². The zero-order chi connectivity index (χ0) is 24.2. The van der Waals surface area contributed by atoms with Crippen molar-refractivity contribution in [3.8, 4) is 0 Å². The second kappa shape index (κ2) is 10.1. The van der Waals surface area contributed by atoms with Crippen LogP contribution in [0, 0.1) is 0 Å².